The molecule has 30 heavy (non-hydrogen) atoms. The van der Waals surface area contributed by atoms with E-state index in [-0.39, 0.29) is 22.8 Å². The third kappa shape index (κ3) is 3.89. The van der Waals surface area contributed by atoms with Crippen LogP contribution in [-0.2, 0) is 21.4 Å². The smallest absolute Gasteiger partial charge is 0.244 e. The van der Waals surface area contributed by atoms with Crippen LogP contribution in [0, 0.1) is 5.92 Å². The van der Waals surface area contributed by atoms with E-state index in [0.29, 0.717) is 31.0 Å². The van der Waals surface area contributed by atoms with Crippen molar-refractivity contribution in [2.24, 2.45) is 5.92 Å². The van der Waals surface area contributed by atoms with Crippen molar-refractivity contribution in [3.05, 3.63) is 72.0 Å². The summed E-state index contributed by atoms with van der Waals surface area (Å²) >= 11 is 6.06. The number of nitrogens with zero attached hydrogens (tertiary/aromatic N) is 3. The van der Waals surface area contributed by atoms with Crippen LogP contribution in [-0.4, -0.2) is 47.1 Å². The molecular weight excluding hydrogens is 422 g/mol. The second-order valence-electron chi connectivity index (χ2n) is 7.75. The van der Waals surface area contributed by atoms with Gasteiger partial charge in [-0.05, 0) is 49.6 Å². The van der Waals surface area contributed by atoms with E-state index in [2.05, 4.69) is 11.6 Å². The van der Waals surface area contributed by atoms with Crippen molar-refractivity contribution in [1.29, 1.82) is 0 Å². The minimum absolute atomic E-state index is 0.112. The summed E-state index contributed by atoms with van der Waals surface area (Å²) < 4.78 is 28.7. The van der Waals surface area contributed by atoms with Gasteiger partial charge in [-0.15, -0.1) is 6.58 Å². The first-order valence-electron chi connectivity index (χ1n) is 10.0. The molecule has 0 N–H and O–H groups in total. The third-order valence-electron chi connectivity index (χ3n) is 5.89. The van der Waals surface area contributed by atoms with Crippen molar-refractivity contribution in [3.8, 4) is 0 Å². The Labute approximate surface area is 182 Å². The van der Waals surface area contributed by atoms with Crippen molar-refractivity contribution in [1.82, 2.24) is 14.2 Å². The second-order valence-corrected chi connectivity index (χ2v) is 10.0. The fourth-order valence-corrected chi connectivity index (χ4v) is 6.65. The highest BCUT2D eigenvalue weighted by Gasteiger charge is 2.49. The Balaban J connectivity index is 1.75. The molecule has 2 aliphatic heterocycles. The minimum Gasteiger partial charge on any atom is -0.335 e. The maximum absolute atomic E-state index is 13.6. The second kappa shape index (κ2) is 8.49. The lowest BCUT2D eigenvalue weighted by Gasteiger charge is -2.40. The zero-order valence-electron chi connectivity index (χ0n) is 16.5. The molecule has 1 amide bonds. The Hall–Kier alpha value is -2.22. The topological polar surface area (TPSA) is 70.6 Å². The van der Waals surface area contributed by atoms with Gasteiger partial charge in [-0.25, -0.2) is 8.42 Å². The molecule has 6 nitrogen and oxygen atoms in total. The van der Waals surface area contributed by atoms with Gasteiger partial charge in [0.05, 0.1) is 17.1 Å². The highest BCUT2D eigenvalue weighted by molar-refractivity contribution is 7.89. The van der Waals surface area contributed by atoms with Crippen LogP contribution in [0.15, 0.2) is 66.2 Å². The first-order chi connectivity index (χ1) is 14.4. The molecule has 1 aromatic heterocycles. The summed E-state index contributed by atoms with van der Waals surface area (Å²) in [7, 11) is -3.90. The average molecular weight is 446 g/mol. The summed E-state index contributed by atoms with van der Waals surface area (Å²) in [5, 5.41) is 0.347. The summed E-state index contributed by atoms with van der Waals surface area (Å²) in [6.45, 7) is 4.71. The van der Waals surface area contributed by atoms with Crippen LogP contribution in [0.4, 0.5) is 0 Å². The molecule has 2 saturated heterocycles. The minimum atomic E-state index is -3.90. The van der Waals surface area contributed by atoms with Gasteiger partial charge >= 0.3 is 0 Å². The van der Waals surface area contributed by atoms with E-state index in [1.54, 1.807) is 29.3 Å². The predicted molar refractivity (Wildman–Crippen MR) is 115 cm³/mol. The van der Waals surface area contributed by atoms with Gasteiger partial charge < -0.3 is 4.90 Å². The summed E-state index contributed by atoms with van der Waals surface area (Å²) in [5.41, 5.74) is 0.773. The number of hydrogen-bond acceptors (Lipinski definition) is 4. The monoisotopic (exact) mass is 445 g/mol. The van der Waals surface area contributed by atoms with Crippen molar-refractivity contribution < 1.29 is 13.2 Å². The number of hydrogen-bond donors (Lipinski definition) is 0. The number of aromatic nitrogens is 1. The number of amides is 1. The van der Waals surface area contributed by atoms with Crippen LogP contribution in [0.25, 0.3) is 0 Å². The number of benzene rings is 1. The molecule has 3 unspecified atom stereocenters. The lowest BCUT2D eigenvalue weighted by molar-refractivity contribution is -0.135. The van der Waals surface area contributed by atoms with Crippen LogP contribution >= 0.6 is 11.6 Å². The lowest BCUT2D eigenvalue weighted by Crippen LogP contribution is -2.54. The van der Waals surface area contributed by atoms with Gasteiger partial charge in [0.25, 0.3) is 0 Å². The molecule has 0 saturated carbocycles. The van der Waals surface area contributed by atoms with Crippen LogP contribution in [0.2, 0.25) is 5.02 Å². The number of rotatable bonds is 5. The molecule has 2 fully saturated rings. The SMILES string of the molecule is C=CC1CN(Cc2ccccn2)C(=O)C2CCCC1N2S(=O)(=O)c1cccc(Cl)c1. The highest BCUT2D eigenvalue weighted by atomic mass is 35.5. The Morgan fingerprint density at radius 2 is 2.03 bits per heavy atom. The first kappa shape index (κ1) is 21.0. The number of pyridine rings is 1. The molecule has 1 aromatic carbocycles. The van der Waals surface area contributed by atoms with E-state index >= 15 is 0 Å². The first-order valence-corrected chi connectivity index (χ1v) is 11.8. The lowest BCUT2D eigenvalue weighted by atomic mass is 9.90. The molecule has 4 rings (SSSR count). The molecule has 3 heterocycles. The standard InChI is InChI=1S/C22H24ClN3O3S/c1-2-16-14-25(15-18-8-3-4-12-24-18)22(27)21-11-6-10-20(16)26(21)30(28,29)19-9-5-7-17(23)13-19/h2-5,7-9,12-13,16,20-21H,1,6,10-11,14-15H2. The Morgan fingerprint density at radius 3 is 2.73 bits per heavy atom. The summed E-state index contributed by atoms with van der Waals surface area (Å²) in [4.78, 5) is 19.7. The van der Waals surface area contributed by atoms with E-state index in [0.717, 1.165) is 12.1 Å². The van der Waals surface area contributed by atoms with Crippen molar-refractivity contribution in [2.75, 3.05) is 6.54 Å². The van der Waals surface area contributed by atoms with E-state index in [1.807, 2.05) is 18.2 Å². The maximum atomic E-state index is 13.6. The Bertz CT molecular complexity index is 1040. The van der Waals surface area contributed by atoms with Gasteiger partial charge in [-0.3, -0.25) is 9.78 Å². The fraction of sp³-hybridized carbons (Fsp3) is 0.364. The van der Waals surface area contributed by atoms with Gasteiger partial charge in [-0.2, -0.15) is 4.31 Å². The molecular formula is C22H24ClN3O3S. The van der Waals surface area contributed by atoms with Crippen molar-refractivity contribution in [3.63, 3.8) is 0 Å². The molecule has 2 bridgehead atoms. The number of fused-ring (bicyclic) bond motifs is 2. The van der Waals surface area contributed by atoms with Gasteiger partial charge in [0.15, 0.2) is 0 Å². The molecule has 2 aromatic rings. The molecule has 0 spiro atoms. The maximum Gasteiger partial charge on any atom is 0.244 e. The van der Waals surface area contributed by atoms with Crippen LogP contribution in [0.3, 0.4) is 0 Å². The highest BCUT2D eigenvalue weighted by Crippen LogP contribution is 2.38. The summed E-state index contributed by atoms with van der Waals surface area (Å²) in [5.74, 6) is -0.350. The van der Waals surface area contributed by atoms with E-state index in [9.17, 15) is 13.2 Å². The zero-order chi connectivity index (χ0) is 21.3. The molecule has 2 aliphatic rings. The predicted octanol–water partition coefficient (Wildman–Crippen LogP) is 3.49. The summed E-state index contributed by atoms with van der Waals surface area (Å²) in [6, 6.07) is 10.7. The van der Waals surface area contributed by atoms with E-state index < -0.39 is 16.1 Å². The van der Waals surface area contributed by atoms with Gasteiger partial charge in [0.1, 0.15) is 6.04 Å². The largest absolute Gasteiger partial charge is 0.335 e. The van der Waals surface area contributed by atoms with Gasteiger partial charge in [-0.1, -0.05) is 29.8 Å². The van der Waals surface area contributed by atoms with Gasteiger partial charge in [0.2, 0.25) is 15.9 Å². The molecule has 0 aliphatic carbocycles. The summed E-state index contributed by atoms with van der Waals surface area (Å²) in [6.07, 6.45) is 5.45. The van der Waals surface area contributed by atoms with E-state index in [1.165, 1.54) is 16.4 Å². The Kier molecular flexibility index (Phi) is 5.95. The van der Waals surface area contributed by atoms with Gasteiger partial charge in [0, 0.05) is 29.7 Å². The van der Waals surface area contributed by atoms with Crippen molar-refractivity contribution in [2.45, 2.75) is 42.8 Å². The molecule has 158 valence electrons. The number of carbonyl (C=O) groups is 1. The van der Waals surface area contributed by atoms with Crippen LogP contribution in [0.5, 0.6) is 0 Å². The van der Waals surface area contributed by atoms with Crippen LogP contribution < -0.4 is 0 Å². The number of sulfonamides is 1. The average Bonchev–Trinajstić information content (AvgIpc) is 2.82. The number of piperidine rings is 1. The fourth-order valence-electron chi connectivity index (χ4n) is 4.47. The quantitative estimate of drug-likeness (QED) is 0.660. The normalized spacial score (nSPS) is 25.0. The van der Waals surface area contributed by atoms with E-state index in [4.69, 9.17) is 11.6 Å². The third-order valence-corrected chi connectivity index (χ3v) is 8.05. The number of carbonyl (C=O) groups excluding carboxylic acids is 1. The Morgan fingerprint density at radius 1 is 1.20 bits per heavy atom. The number of halogens is 1. The molecule has 3 atom stereocenters. The van der Waals surface area contributed by atoms with Crippen LogP contribution in [0.1, 0.15) is 25.0 Å². The molecule has 8 heteroatoms. The molecule has 0 radical (unpaired) electrons. The zero-order valence-corrected chi connectivity index (χ0v) is 18.1. The van der Waals surface area contributed by atoms with Crippen molar-refractivity contribution >= 4 is 27.5 Å².